The fourth-order valence-electron chi connectivity index (χ4n) is 2.57. The van der Waals surface area contributed by atoms with Crippen molar-refractivity contribution in [1.82, 2.24) is 14.6 Å². The molecule has 4 aromatic rings. The topological polar surface area (TPSA) is 54.0 Å². The molecular formula is C18H12N4S. The van der Waals surface area contributed by atoms with Crippen LogP contribution in [-0.2, 0) is 0 Å². The summed E-state index contributed by atoms with van der Waals surface area (Å²) in [6, 6.07) is 20.1. The summed E-state index contributed by atoms with van der Waals surface area (Å²) in [7, 11) is 0. The van der Waals surface area contributed by atoms with Crippen molar-refractivity contribution < 1.29 is 0 Å². The van der Waals surface area contributed by atoms with E-state index in [1.54, 1.807) is 4.52 Å². The molecule has 2 aromatic carbocycles. The number of aryl methyl sites for hydroxylation is 1. The molecule has 4 rings (SSSR count). The van der Waals surface area contributed by atoms with Gasteiger partial charge in [-0.3, -0.25) is 0 Å². The molecular weight excluding hydrogens is 304 g/mol. The van der Waals surface area contributed by atoms with E-state index >= 15 is 0 Å². The number of fused-ring (bicyclic) bond motifs is 1. The van der Waals surface area contributed by atoms with Crippen LogP contribution in [0.25, 0.3) is 26.8 Å². The zero-order valence-electron chi connectivity index (χ0n) is 12.4. The number of hydrogen-bond acceptors (Lipinski definition) is 4. The minimum atomic E-state index is 0.474. The summed E-state index contributed by atoms with van der Waals surface area (Å²) in [5.74, 6) is 0. The minimum absolute atomic E-state index is 0.474. The van der Waals surface area contributed by atoms with Gasteiger partial charge in [0.25, 0.3) is 0 Å². The monoisotopic (exact) mass is 316 g/mol. The average Bonchev–Trinajstić information content (AvgIpc) is 3.13. The van der Waals surface area contributed by atoms with E-state index in [1.807, 2.05) is 48.5 Å². The lowest BCUT2D eigenvalue weighted by atomic mass is 10.1. The first-order valence-corrected chi connectivity index (χ1v) is 8.00. The molecule has 0 saturated carbocycles. The van der Waals surface area contributed by atoms with Gasteiger partial charge >= 0.3 is 0 Å². The third-order valence-corrected chi connectivity index (χ3v) is 4.67. The molecule has 0 aliphatic rings. The molecule has 23 heavy (non-hydrogen) atoms. The molecule has 0 radical (unpaired) electrons. The van der Waals surface area contributed by atoms with Crippen molar-refractivity contribution in [3.8, 4) is 27.9 Å². The maximum absolute atomic E-state index is 9.55. The highest BCUT2D eigenvalue weighted by Gasteiger charge is 2.18. The number of imidazole rings is 1. The molecule has 0 N–H and O–H groups in total. The molecule has 0 fully saturated rings. The maximum atomic E-state index is 9.55. The van der Waals surface area contributed by atoms with Gasteiger partial charge in [0.15, 0.2) is 5.69 Å². The summed E-state index contributed by atoms with van der Waals surface area (Å²) >= 11 is 1.50. The van der Waals surface area contributed by atoms with Crippen molar-refractivity contribution in [2.24, 2.45) is 0 Å². The first-order valence-electron chi connectivity index (χ1n) is 7.19. The average molecular weight is 316 g/mol. The van der Waals surface area contributed by atoms with E-state index in [0.717, 1.165) is 26.7 Å². The number of nitriles is 1. The highest BCUT2D eigenvalue weighted by molar-refractivity contribution is 7.19. The van der Waals surface area contributed by atoms with Crippen LogP contribution in [0.4, 0.5) is 0 Å². The fourth-order valence-corrected chi connectivity index (χ4v) is 3.56. The number of rotatable bonds is 2. The first-order chi connectivity index (χ1) is 11.3. The fraction of sp³-hybridized carbons (Fsp3) is 0.0556. The predicted molar refractivity (Wildman–Crippen MR) is 91.2 cm³/mol. The van der Waals surface area contributed by atoms with E-state index in [-0.39, 0.29) is 0 Å². The van der Waals surface area contributed by atoms with Gasteiger partial charge in [-0.25, -0.2) is 4.98 Å². The van der Waals surface area contributed by atoms with Crippen LogP contribution in [0.15, 0.2) is 54.6 Å². The summed E-state index contributed by atoms with van der Waals surface area (Å²) in [6.45, 7) is 2.06. The van der Waals surface area contributed by atoms with Crippen LogP contribution in [-0.4, -0.2) is 14.6 Å². The summed E-state index contributed by atoms with van der Waals surface area (Å²) < 4.78 is 1.65. The molecule has 110 valence electrons. The molecule has 4 nitrogen and oxygen atoms in total. The smallest absolute Gasteiger partial charge is 0.214 e. The third kappa shape index (κ3) is 2.20. The van der Waals surface area contributed by atoms with Crippen molar-refractivity contribution in [2.45, 2.75) is 6.92 Å². The molecule has 0 aliphatic carbocycles. The quantitative estimate of drug-likeness (QED) is 0.554. The van der Waals surface area contributed by atoms with Crippen molar-refractivity contribution in [2.75, 3.05) is 0 Å². The van der Waals surface area contributed by atoms with E-state index < -0.39 is 0 Å². The molecule has 2 aromatic heterocycles. The third-order valence-electron chi connectivity index (χ3n) is 3.73. The zero-order chi connectivity index (χ0) is 15.8. The Hall–Kier alpha value is -2.97. The zero-order valence-corrected chi connectivity index (χ0v) is 13.2. The predicted octanol–water partition coefficient (Wildman–Crippen LogP) is 4.30. The van der Waals surface area contributed by atoms with Crippen LogP contribution >= 0.6 is 11.3 Å². The Morgan fingerprint density at radius 2 is 1.78 bits per heavy atom. The Balaban J connectivity index is 1.91. The van der Waals surface area contributed by atoms with E-state index in [4.69, 9.17) is 0 Å². The van der Waals surface area contributed by atoms with Crippen molar-refractivity contribution in [3.05, 3.63) is 65.9 Å². The van der Waals surface area contributed by atoms with Crippen LogP contribution in [0.5, 0.6) is 0 Å². The van der Waals surface area contributed by atoms with E-state index in [0.29, 0.717) is 11.4 Å². The van der Waals surface area contributed by atoms with Crippen LogP contribution in [0.1, 0.15) is 11.3 Å². The van der Waals surface area contributed by atoms with Crippen molar-refractivity contribution >= 4 is 16.3 Å². The number of hydrogen-bond donors (Lipinski definition) is 0. The second kappa shape index (κ2) is 5.34. The highest BCUT2D eigenvalue weighted by Crippen LogP contribution is 2.31. The molecule has 0 unspecified atom stereocenters. The van der Waals surface area contributed by atoms with E-state index in [2.05, 4.69) is 29.1 Å². The Morgan fingerprint density at radius 3 is 2.52 bits per heavy atom. The molecule has 0 aliphatic heterocycles. The number of nitrogens with zero attached hydrogens (tertiary/aromatic N) is 4. The van der Waals surface area contributed by atoms with Gasteiger partial charge in [-0.05, 0) is 12.5 Å². The largest absolute Gasteiger partial charge is 0.216 e. The lowest BCUT2D eigenvalue weighted by molar-refractivity contribution is 0.960. The van der Waals surface area contributed by atoms with Crippen LogP contribution in [0.3, 0.4) is 0 Å². The van der Waals surface area contributed by atoms with Crippen LogP contribution in [0.2, 0.25) is 0 Å². The highest BCUT2D eigenvalue weighted by atomic mass is 32.1. The Morgan fingerprint density at radius 1 is 1.04 bits per heavy atom. The number of aromatic nitrogens is 3. The van der Waals surface area contributed by atoms with Gasteiger partial charge in [0.1, 0.15) is 16.8 Å². The molecule has 0 saturated heterocycles. The van der Waals surface area contributed by atoms with Gasteiger partial charge in [0.2, 0.25) is 4.96 Å². The molecule has 0 amide bonds. The summed E-state index contributed by atoms with van der Waals surface area (Å²) in [5, 5.41) is 15.0. The van der Waals surface area contributed by atoms with Crippen LogP contribution < -0.4 is 0 Å². The Kier molecular flexibility index (Phi) is 3.18. The molecule has 2 heterocycles. The lowest BCUT2D eigenvalue weighted by Gasteiger charge is -2.00. The summed E-state index contributed by atoms with van der Waals surface area (Å²) in [4.78, 5) is 5.36. The molecule has 0 atom stereocenters. The standard InChI is InChI=1S/C18H12N4S/c1-12-7-5-6-10-14(12)17-21-22-15(11-19)16(20-18(22)23-17)13-8-3-2-4-9-13/h2-10H,1H3. The van der Waals surface area contributed by atoms with E-state index in [9.17, 15) is 5.26 Å². The second-order valence-corrected chi connectivity index (χ2v) is 6.16. The van der Waals surface area contributed by atoms with Crippen molar-refractivity contribution in [1.29, 1.82) is 5.26 Å². The van der Waals surface area contributed by atoms with Gasteiger partial charge < -0.3 is 0 Å². The maximum Gasteiger partial charge on any atom is 0.214 e. The van der Waals surface area contributed by atoms with Gasteiger partial charge in [-0.1, -0.05) is 65.9 Å². The van der Waals surface area contributed by atoms with Gasteiger partial charge in [0, 0.05) is 11.1 Å². The van der Waals surface area contributed by atoms with Crippen molar-refractivity contribution in [3.63, 3.8) is 0 Å². The Bertz CT molecular complexity index is 1040. The van der Waals surface area contributed by atoms with Crippen LogP contribution in [0, 0.1) is 18.3 Å². The SMILES string of the molecule is Cc1ccccc1-c1nn2c(C#N)c(-c3ccccc3)nc2s1. The van der Waals surface area contributed by atoms with E-state index in [1.165, 1.54) is 11.3 Å². The first kappa shape index (κ1) is 13.7. The van der Waals surface area contributed by atoms with Gasteiger partial charge in [-0.2, -0.15) is 14.9 Å². The van der Waals surface area contributed by atoms with Gasteiger partial charge in [0.05, 0.1) is 0 Å². The lowest BCUT2D eigenvalue weighted by Crippen LogP contribution is -1.91. The summed E-state index contributed by atoms with van der Waals surface area (Å²) in [5.41, 5.74) is 4.32. The minimum Gasteiger partial charge on any atom is -0.216 e. The van der Waals surface area contributed by atoms with Gasteiger partial charge in [-0.15, -0.1) is 0 Å². The normalized spacial score (nSPS) is 10.8. The second-order valence-electron chi connectivity index (χ2n) is 5.20. The number of benzene rings is 2. The summed E-state index contributed by atoms with van der Waals surface area (Å²) in [6.07, 6.45) is 0. The molecule has 0 bridgehead atoms. The molecule has 5 heteroatoms. The molecule has 0 spiro atoms. The Labute approximate surface area is 137 Å².